The molecule has 2 saturated heterocycles. The molecule has 0 aliphatic carbocycles. The van der Waals surface area contributed by atoms with Gasteiger partial charge in [0.1, 0.15) is 5.60 Å². The molecular weight excluding hydrogens is 394 g/mol. The second-order valence-electron chi connectivity index (χ2n) is 9.12. The van der Waals surface area contributed by atoms with E-state index in [1.165, 1.54) is 16.0 Å². The molecule has 2 aromatic heterocycles. The number of fused-ring (bicyclic) bond motifs is 2. The van der Waals surface area contributed by atoms with Crippen molar-refractivity contribution < 1.29 is 9.47 Å². The van der Waals surface area contributed by atoms with Gasteiger partial charge in [0, 0.05) is 41.2 Å². The van der Waals surface area contributed by atoms with Crippen LogP contribution in [0, 0.1) is 5.41 Å². The van der Waals surface area contributed by atoms with Crippen LogP contribution in [0.2, 0.25) is 4.34 Å². The average Bonchev–Trinajstić information content (AvgIpc) is 3.23. The van der Waals surface area contributed by atoms with Gasteiger partial charge in [0.15, 0.2) is 0 Å². The molecule has 7 heteroatoms. The Bertz CT molecular complexity index is 862. The van der Waals surface area contributed by atoms with Gasteiger partial charge >= 0.3 is 0 Å². The van der Waals surface area contributed by atoms with Crippen molar-refractivity contribution in [3.8, 4) is 0 Å². The highest BCUT2D eigenvalue weighted by molar-refractivity contribution is 7.16. The molecule has 0 amide bonds. The molecule has 1 spiro atoms. The van der Waals surface area contributed by atoms with E-state index in [4.69, 9.17) is 21.1 Å². The van der Waals surface area contributed by atoms with Crippen LogP contribution in [0.5, 0.6) is 0 Å². The van der Waals surface area contributed by atoms with Crippen molar-refractivity contribution >= 4 is 22.9 Å². The SMILES string of the molecule is C[C@H]1C[C@@]2(CCN1Cc1cnn(CC3(C)COC3)c1)OCCc1cc(Cl)sc12. The van der Waals surface area contributed by atoms with Crippen molar-refractivity contribution in [3.63, 3.8) is 0 Å². The van der Waals surface area contributed by atoms with Crippen molar-refractivity contribution in [2.75, 3.05) is 26.4 Å². The molecule has 28 heavy (non-hydrogen) atoms. The van der Waals surface area contributed by atoms with E-state index in [-0.39, 0.29) is 11.0 Å². The standard InChI is InChI=1S/C21H28ClN3O2S/c1-15-8-21(19-17(3-6-27-21)7-18(22)28-19)4-5-24(15)10-16-9-23-25(11-16)12-20(2)13-26-14-20/h7,9,11,15H,3-6,8,10,12-14H2,1-2H3/t15-,21+/m0/s1. The lowest BCUT2D eigenvalue weighted by Gasteiger charge is -2.47. The van der Waals surface area contributed by atoms with Crippen LogP contribution in [0.25, 0.3) is 0 Å². The topological polar surface area (TPSA) is 39.5 Å². The van der Waals surface area contributed by atoms with Gasteiger partial charge in [-0.2, -0.15) is 5.10 Å². The summed E-state index contributed by atoms with van der Waals surface area (Å²) in [4.78, 5) is 3.94. The summed E-state index contributed by atoms with van der Waals surface area (Å²) in [5.74, 6) is 0. The van der Waals surface area contributed by atoms with Crippen LogP contribution in [0.1, 0.15) is 42.7 Å². The number of halogens is 1. The Balaban J connectivity index is 1.25. The van der Waals surface area contributed by atoms with Crippen LogP contribution >= 0.6 is 22.9 Å². The lowest BCUT2D eigenvalue weighted by molar-refractivity contribution is -0.111. The molecule has 3 aliphatic heterocycles. The number of ether oxygens (including phenoxy) is 2. The first kappa shape index (κ1) is 19.1. The van der Waals surface area contributed by atoms with Gasteiger partial charge in [0.2, 0.25) is 0 Å². The molecule has 2 fully saturated rings. The molecule has 0 aromatic carbocycles. The predicted molar refractivity (Wildman–Crippen MR) is 111 cm³/mol. The second-order valence-corrected chi connectivity index (χ2v) is 10.8. The Hall–Kier alpha value is -0.920. The van der Waals surface area contributed by atoms with Crippen molar-refractivity contribution in [1.29, 1.82) is 0 Å². The number of nitrogens with zero attached hydrogens (tertiary/aromatic N) is 3. The first-order valence-electron chi connectivity index (χ1n) is 10.2. The van der Waals surface area contributed by atoms with E-state index >= 15 is 0 Å². The summed E-state index contributed by atoms with van der Waals surface area (Å²) in [5, 5.41) is 4.59. The number of rotatable bonds is 4. The lowest BCUT2D eigenvalue weighted by atomic mass is 9.82. The van der Waals surface area contributed by atoms with E-state index in [1.54, 1.807) is 11.3 Å². The van der Waals surface area contributed by atoms with Crippen molar-refractivity contribution in [3.05, 3.63) is 38.8 Å². The van der Waals surface area contributed by atoms with Gasteiger partial charge in [0.05, 0.1) is 36.9 Å². The van der Waals surface area contributed by atoms with Crippen LogP contribution in [-0.4, -0.2) is 47.1 Å². The first-order chi connectivity index (χ1) is 13.4. The van der Waals surface area contributed by atoms with E-state index in [0.29, 0.717) is 6.04 Å². The number of piperidine rings is 1. The molecule has 0 bridgehead atoms. The minimum Gasteiger partial charge on any atom is -0.380 e. The smallest absolute Gasteiger partial charge is 0.105 e. The van der Waals surface area contributed by atoms with Gasteiger partial charge in [0.25, 0.3) is 0 Å². The van der Waals surface area contributed by atoms with E-state index in [1.807, 2.05) is 6.20 Å². The van der Waals surface area contributed by atoms with Gasteiger partial charge < -0.3 is 9.47 Å². The molecule has 5 nitrogen and oxygen atoms in total. The lowest BCUT2D eigenvalue weighted by Crippen LogP contribution is -2.49. The zero-order valence-electron chi connectivity index (χ0n) is 16.6. The molecule has 0 unspecified atom stereocenters. The Kier molecular flexibility index (Phi) is 4.83. The summed E-state index contributed by atoms with van der Waals surface area (Å²) < 4.78 is 14.7. The first-order valence-corrected chi connectivity index (χ1v) is 11.4. The normalized spacial score (nSPS) is 29.6. The fraction of sp³-hybridized carbons (Fsp3) is 0.667. The predicted octanol–water partition coefficient (Wildman–Crippen LogP) is 4.09. The van der Waals surface area contributed by atoms with Crippen molar-refractivity contribution in [2.24, 2.45) is 5.41 Å². The largest absolute Gasteiger partial charge is 0.380 e. The molecule has 0 radical (unpaired) electrons. The summed E-state index contributed by atoms with van der Waals surface area (Å²) in [5.41, 5.74) is 2.80. The fourth-order valence-electron chi connectivity index (χ4n) is 4.96. The van der Waals surface area contributed by atoms with Crippen LogP contribution in [0.4, 0.5) is 0 Å². The van der Waals surface area contributed by atoms with Gasteiger partial charge in [-0.25, -0.2) is 0 Å². The molecule has 2 aromatic rings. The molecule has 0 saturated carbocycles. The second kappa shape index (κ2) is 7.10. The third kappa shape index (κ3) is 3.43. The summed E-state index contributed by atoms with van der Waals surface area (Å²) in [6.07, 6.45) is 7.27. The van der Waals surface area contributed by atoms with Crippen LogP contribution in [0.15, 0.2) is 18.5 Å². The highest BCUT2D eigenvalue weighted by atomic mass is 35.5. The summed E-state index contributed by atoms with van der Waals surface area (Å²) in [6.45, 7) is 9.98. The van der Waals surface area contributed by atoms with Gasteiger partial charge in [-0.1, -0.05) is 18.5 Å². The number of hydrogen-bond donors (Lipinski definition) is 0. The molecule has 3 aliphatic rings. The number of likely N-dealkylation sites (tertiary alicyclic amines) is 1. The maximum atomic E-state index is 6.39. The van der Waals surface area contributed by atoms with E-state index in [2.05, 4.69) is 40.8 Å². The van der Waals surface area contributed by atoms with Gasteiger partial charge in [-0.05, 0) is 37.8 Å². The van der Waals surface area contributed by atoms with Gasteiger partial charge in [-0.3, -0.25) is 9.58 Å². The molecular formula is C21H28ClN3O2S. The van der Waals surface area contributed by atoms with E-state index in [0.717, 1.165) is 63.1 Å². The van der Waals surface area contributed by atoms with Crippen molar-refractivity contribution in [1.82, 2.24) is 14.7 Å². The highest BCUT2D eigenvalue weighted by Crippen LogP contribution is 2.48. The minimum atomic E-state index is -0.135. The summed E-state index contributed by atoms with van der Waals surface area (Å²) in [6, 6.07) is 2.60. The van der Waals surface area contributed by atoms with Crippen LogP contribution < -0.4 is 0 Å². The van der Waals surface area contributed by atoms with E-state index in [9.17, 15) is 0 Å². The minimum absolute atomic E-state index is 0.135. The molecule has 5 rings (SSSR count). The molecule has 0 N–H and O–H groups in total. The highest BCUT2D eigenvalue weighted by Gasteiger charge is 2.44. The summed E-state index contributed by atoms with van der Waals surface area (Å²) >= 11 is 8.04. The van der Waals surface area contributed by atoms with Crippen molar-refractivity contribution in [2.45, 2.75) is 57.8 Å². The number of thiophene rings is 1. The average molecular weight is 422 g/mol. The Morgan fingerprint density at radius 1 is 1.39 bits per heavy atom. The molecule has 152 valence electrons. The van der Waals surface area contributed by atoms with Crippen LogP contribution in [-0.2, 0) is 34.6 Å². The molecule has 2 atom stereocenters. The zero-order valence-corrected chi connectivity index (χ0v) is 18.2. The maximum absolute atomic E-state index is 6.39. The summed E-state index contributed by atoms with van der Waals surface area (Å²) in [7, 11) is 0. The Morgan fingerprint density at radius 3 is 3.00 bits per heavy atom. The zero-order chi connectivity index (χ0) is 19.4. The Labute approximate surface area is 175 Å². The maximum Gasteiger partial charge on any atom is 0.105 e. The van der Waals surface area contributed by atoms with E-state index < -0.39 is 0 Å². The number of hydrogen-bond acceptors (Lipinski definition) is 5. The third-order valence-electron chi connectivity index (χ3n) is 6.51. The fourth-order valence-corrected chi connectivity index (χ4v) is 6.44. The Morgan fingerprint density at radius 2 is 2.25 bits per heavy atom. The van der Waals surface area contributed by atoms with Gasteiger partial charge in [-0.15, -0.1) is 11.3 Å². The monoisotopic (exact) mass is 421 g/mol. The van der Waals surface area contributed by atoms with Crippen LogP contribution in [0.3, 0.4) is 0 Å². The number of aromatic nitrogens is 2. The molecule has 5 heterocycles. The quantitative estimate of drug-likeness (QED) is 0.745. The third-order valence-corrected chi connectivity index (χ3v) is 8.00.